The third-order valence-electron chi connectivity index (χ3n) is 9.26. The summed E-state index contributed by atoms with van der Waals surface area (Å²) in [6.07, 6.45) is 6.23. The van der Waals surface area contributed by atoms with Crippen LogP contribution in [0.4, 0.5) is 0 Å². The largest absolute Gasteiger partial charge is 0.466 e. The van der Waals surface area contributed by atoms with E-state index in [9.17, 15) is 9.59 Å². The maximum absolute atomic E-state index is 11.5. The van der Waals surface area contributed by atoms with Gasteiger partial charge in [0.05, 0.1) is 25.4 Å². The van der Waals surface area contributed by atoms with Crippen molar-refractivity contribution in [3.8, 4) is 0 Å². The molecule has 4 rings (SSSR count). The SMILES string of the molecule is COC1(C)O[C@@H]2C[C@H]3C[C@@H]4C[C@@H](COC(C)=O)[C@H](COC(C)=O)C[C@@H]4C[C@H]3C[C@H]2OC1(C)OC. The Kier molecular flexibility index (Phi) is 7.63. The van der Waals surface area contributed by atoms with E-state index in [1.165, 1.54) is 13.8 Å². The molecule has 0 radical (unpaired) electrons. The van der Waals surface area contributed by atoms with Gasteiger partial charge < -0.3 is 28.4 Å². The van der Waals surface area contributed by atoms with Crippen LogP contribution in [0.15, 0.2) is 0 Å². The molecule has 34 heavy (non-hydrogen) atoms. The number of ether oxygens (including phenoxy) is 6. The fourth-order valence-corrected chi connectivity index (χ4v) is 7.13. The first-order valence-corrected chi connectivity index (χ1v) is 12.8. The van der Waals surface area contributed by atoms with Gasteiger partial charge in [0.1, 0.15) is 0 Å². The van der Waals surface area contributed by atoms with E-state index in [0.29, 0.717) is 36.9 Å². The fourth-order valence-electron chi connectivity index (χ4n) is 7.13. The lowest BCUT2D eigenvalue weighted by atomic mass is 9.56. The monoisotopic (exact) mass is 482 g/mol. The lowest BCUT2D eigenvalue weighted by molar-refractivity contribution is -0.454. The highest BCUT2D eigenvalue weighted by atomic mass is 16.8. The fraction of sp³-hybridized carbons (Fsp3) is 0.923. The summed E-state index contributed by atoms with van der Waals surface area (Å²) in [6.45, 7) is 7.49. The molecule has 1 aliphatic heterocycles. The molecular weight excluding hydrogens is 440 g/mol. The molecule has 4 fully saturated rings. The summed E-state index contributed by atoms with van der Waals surface area (Å²) in [5.41, 5.74) is 0. The normalized spacial score (nSPS) is 45.9. The Bertz CT molecular complexity index is 695. The van der Waals surface area contributed by atoms with Gasteiger partial charge in [-0.15, -0.1) is 0 Å². The second kappa shape index (κ2) is 10.0. The quantitative estimate of drug-likeness (QED) is 0.530. The number of rotatable bonds is 6. The van der Waals surface area contributed by atoms with Crippen molar-refractivity contribution in [1.29, 1.82) is 0 Å². The molecule has 1 saturated heterocycles. The molecule has 10 atom stereocenters. The number of hydrogen-bond donors (Lipinski definition) is 0. The molecule has 194 valence electrons. The van der Waals surface area contributed by atoms with Gasteiger partial charge in [0.15, 0.2) is 0 Å². The van der Waals surface area contributed by atoms with Crippen LogP contribution in [0.5, 0.6) is 0 Å². The van der Waals surface area contributed by atoms with Crippen LogP contribution in [0, 0.1) is 35.5 Å². The molecule has 0 bridgehead atoms. The van der Waals surface area contributed by atoms with Crippen molar-refractivity contribution in [2.45, 2.75) is 90.0 Å². The number of carbonyl (C=O) groups is 2. The average Bonchev–Trinajstić information content (AvgIpc) is 2.79. The van der Waals surface area contributed by atoms with Crippen LogP contribution in [0.2, 0.25) is 0 Å². The summed E-state index contributed by atoms with van der Waals surface area (Å²) < 4.78 is 35.2. The number of esters is 2. The molecule has 1 heterocycles. The summed E-state index contributed by atoms with van der Waals surface area (Å²) >= 11 is 0. The molecule has 0 aromatic carbocycles. The molecule has 8 nitrogen and oxygen atoms in total. The molecule has 0 aromatic heterocycles. The van der Waals surface area contributed by atoms with Crippen molar-refractivity contribution in [2.24, 2.45) is 35.5 Å². The zero-order valence-electron chi connectivity index (χ0n) is 21.5. The lowest BCUT2D eigenvalue weighted by Gasteiger charge is -2.57. The molecule has 8 heteroatoms. The zero-order valence-corrected chi connectivity index (χ0v) is 21.5. The predicted octanol–water partition coefficient (Wildman–Crippen LogP) is 3.70. The van der Waals surface area contributed by atoms with Crippen molar-refractivity contribution < 1.29 is 38.0 Å². The lowest BCUT2D eigenvalue weighted by Crippen LogP contribution is -2.66. The van der Waals surface area contributed by atoms with Crippen molar-refractivity contribution >= 4 is 11.9 Å². The number of carbonyl (C=O) groups excluding carboxylic acids is 2. The summed E-state index contributed by atoms with van der Waals surface area (Å²) in [5.74, 6) is 0.370. The molecule has 4 aliphatic rings. The van der Waals surface area contributed by atoms with E-state index in [2.05, 4.69) is 0 Å². The standard InChI is InChI=1S/C26H42O8/c1-15(27)31-13-21-9-17-7-19-11-23-24(34-26(4,30-6)25(3,29-5)33-23)12-20(19)8-18(17)10-22(21)14-32-16(2)28/h17-24H,7-14H2,1-6H3/t17-,18+,19-,20+,21-,22-,23+,24+,25?,26?/m0/s1. The second-order valence-electron chi connectivity index (χ2n) is 11.2. The second-order valence-corrected chi connectivity index (χ2v) is 11.2. The zero-order chi connectivity index (χ0) is 24.7. The smallest absolute Gasteiger partial charge is 0.302 e. The van der Waals surface area contributed by atoms with E-state index in [1.54, 1.807) is 14.2 Å². The van der Waals surface area contributed by atoms with Crippen LogP contribution >= 0.6 is 0 Å². The van der Waals surface area contributed by atoms with E-state index < -0.39 is 11.6 Å². The Labute approximate surface area is 203 Å². The predicted molar refractivity (Wildman–Crippen MR) is 122 cm³/mol. The van der Waals surface area contributed by atoms with Gasteiger partial charge in [0, 0.05) is 28.1 Å². The van der Waals surface area contributed by atoms with Crippen molar-refractivity contribution in [3.63, 3.8) is 0 Å². The van der Waals surface area contributed by atoms with Crippen LogP contribution in [0.25, 0.3) is 0 Å². The van der Waals surface area contributed by atoms with Crippen molar-refractivity contribution in [1.82, 2.24) is 0 Å². The van der Waals surface area contributed by atoms with Crippen LogP contribution in [0.3, 0.4) is 0 Å². The Morgan fingerprint density at radius 2 is 1.03 bits per heavy atom. The maximum Gasteiger partial charge on any atom is 0.302 e. The minimum absolute atomic E-state index is 0.0110. The minimum Gasteiger partial charge on any atom is -0.466 e. The molecule has 0 N–H and O–H groups in total. The Balaban J connectivity index is 1.45. The van der Waals surface area contributed by atoms with E-state index in [1.807, 2.05) is 13.8 Å². The van der Waals surface area contributed by atoms with E-state index in [-0.39, 0.29) is 36.0 Å². The highest BCUT2D eigenvalue weighted by Crippen LogP contribution is 2.55. The Morgan fingerprint density at radius 3 is 1.35 bits per heavy atom. The number of methoxy groups -OCH3 is 2. The van der Waals surface area contributed by atoms with Gasteiger partial charge in [-0.3, -0.25) is 9.59 Å². The Hall–Kier alpha value is -1.22. The average molecular weight is 483 g/mol. The van der Waals surface area contributed by atoms with Crippen LogP contribution < -0.4 is 0 Å². The van der Waals surface area contributed by atoms with Gasteiger partial charge in [-0.05, 0) is 87.9 Å². The molecule has 0 spiro atoms. The third-order valence-corrected chi connectivity index (χ3v) is 9.26. The molecule has 0 amide bonds. The topological polar surface area (TPSA) is 89.5 Å². The molecule has 3 aliphatic carbocycles. The summed E-state index contributed by atoms with van der Waals surface area (Å²) in [6, 6.07) is 0. The van der Waals surface area contributed by atoms with Gasteiger partial charge >= 0.3 is 11.9 Å². The van der Waals surface area contributed by atoms with Gasteiger partial charge in [0.25, 0.3) is 0 Å². The molecule has 3 saturated carbocycles. The van der Waals surface area contributed by atoms with Gasteiger partial charge in [-0.25, -0.2) is 0 Å². The van der Waals surface area contributed by atoms with Crippen LogP contribution in [-0.4, -0.2) is 63.2 Å². The van der Waals surface area contributed by atoms with Gasteiger partial charge in [0.2, 0.25) is 11.6 Å². The highest BCUT2D eigenvalue weighted by molar-refractivity contribution is 5.66. The summed E-state index contributed by atoms with van der Waals surface area (Å²) in [4.78, 5) is 22.9. The first kappa shape index (κ1) is 25.9. The Morgan fingerprint density at radius 1 is 0.676 bits per heavy atom. The van der Waals surface area contributed by atoms with Crippen LogP contribution in [-0.2, 0) is 38.0 Å². The minimum atomic E-state index is -0.961. The number of fused-ring (bicyclic) bond motifs is 3. The summed E-state index contributed by atoms with van der Waals surface area (Å²) in [7, 11) is 3.27. The first-order chi connectivity index (χ1) is 16.1. The van der Waals surface area contributed by atoms with Crippen LogP contribution in [0.1, 0.15) is 66.2 Å². The maximum atomic E-state index is 11.5. The first-order valence-electron chi connectivity index (χ1n) is 12.8. The van der Waals surface area contributed by atoms with Gasteiger partial charge in [-0.1, -0.05) is 0 Å². The highest BCUT2D eigenvalue weighted by Gasteiger charge is 2.59. The third kappa shape index (κ3) is 5.01. The molecule has 0 aromatic rings. The van der Waals surface area contributed by atoms with E-state index in [4.69, 9.17) is 28.4 Å². The van der Waals surface area contributed by atoms with Gasteiger partial charge in [-0.2, -0.15) is 0 Å². The van der Waals surface area contributed by atoms with Crippen molar-refractivity contribution in [2.75, 3.05) is 27.4 Å². The molecular formula is C26H42O8. The number of hydrogen-bond acceptors (Lipinski definition) is 8. The molecule has 2 unspecified atom stereocenters. The van der Waals surface area contributed by atoms with Crippen molar-refractivity contribution in [3.05, 3.63) is 0 Å². The summed E-state index contributed by atoms with van der Waals surface area (Å²) in [5, 5.41) is 0. The van der Waals surface area contributed by atoms with E-state index in [0.717, 1.165) is 38.5 Å². The van der Waals surface area contributed by atoms with E-state index >= 15 is 0 Å².